The zero-order valence-corrected chi connectivity index (χ0v) is 9.47. The predicted molar refractivity (Wildman–Crippen MR) is 64.3 cm³/mol. The van der Waals surface area contributed by atoms with Crippen LogP contribution in [0.2, 0.25) is 0 Å². The summed E-state index contributed by atoms with van der Waals surface area (Å²) in [4.78, 5) is 2.20. The highest BCUT2D eigenvalue weighted by atomic mass is 15.1. The summed E-state index contributed by atoms with van der Waals surface area (Å²) in [5.41, 5.74) is 2.29. The highest BCUT2D eigenvalue weighted by Crippen LogP contribution is 2.08. The van der Waals surface area contributed by atoms with Crippen molar-refractivity contribution in [2.75, 3.05) is 26.7 Å². The first-order valence-corrected chi connectivity index (χ1v) is 4.94. The number of rotatable bonds is 8. The van der Waals surface area contributed by atoms with Crippen molar-refractivity contribution in [3.63, 3.8) is 0 Å². The lowest BCUT2D eigenvalue weighted by Crippen LogP contribution is -2.26. The zero-order valence-electron chi connectivity index (χ0n) is 9.47. The maximum absolute atomic E-state index is 4.06. The molecule has 0 aromatic carbocycles. The first-order chi connectivity index (χ1) is 6.61. The van der Waals surface area contributed by atoms with E-state index in [4.69, 9.17) is 0 Å². The van der Waals surface area contributed by atoms with Gasteiger partial charge in [0.1, 0.15) is 0 Å². The van der Waals surface area contributed by atoms with Crippen LogP contribution in [0.3, 0.4) is 0 Å². The lowest BCUT2D eigenvalue weighted by Gasteiger charge is -2.25. The van der Waals surface area contributed by atoms with Crippen LogP contribution >= 0.6 is 0 Å². The normalized spacial score (nSPS) is 9.57. The summed E-state index contributed by atoms with van der Waals surface area (Å²) in [6, 6.07) is 0. The number of hydrogen-bond donors (Lipinski definition) is 1. The third-order valence-electron chi connectivity index (χ3n) is 1.92. The van der Waals surface area contributed by atoms with Crippen LogP contribution in [-0.4, -0.2) is 31.6 Å². The van der Waals surface area contributed by atoms with E-state index in [0.717, 1.165) is 37.3 Å². The van der Waals surface area contributed by atoms with Crippen LogP contribution < -0.4 is 5.32 Å². The van der Waals surface area contributed by atoms with Crippen LogP contribution in [0.5, 0.6) is 0 Å². The van der Waals surface area contributed by atoms with Gasteiger partial charge >= 0.3 is 0 Å². The Morgan fingerprint density at radius 3 is 2.50 bits per heavy atom. The lowest BCUT2D eigenvalue weighted by atomic mass is 10.2. The largest absolute Gasteiger partial charge is 0.368 e. The summed E-state index contributed by atoms with van der Waals surface area (Å²) >= 11 is 0. The first-order valence-electron chi connectivity index (χ1n) is 4.94. The molecular formula is C12H22N2. The van der Waals surface area contributed by atoms with Crippen molar-refractivity contribution < 1.29 is 0 Å². The van der Waals surface area contributed by atoms with Gasteiger partial charge in [0.2, 0.25) is 0 Å². The van der Waals surface area contributed by atoms with E-state index >= 15 is 0 Å². The Morgan fingerprint density at radius 1 is 1.43 bits per heavy atom. The molecule has 2 nitrogen and oxygen atoms in total. The summed E-state index contributed by atoms with van der Waals surface area (Å²) in [5.74, 6) is 0. The molecule has 0 heterocycles. The zero-order chi connectivity index (χ0) is 11.0. The van der Waals surface area contributed by atoms with Crippen molar-refractivity contribution in [3.05, 3.63) is 37.1 Å². The second-order valence-corrected chi connectivity index (χ2v) is 3.55. The second kappa shape index (κ2) is 7.39. The Hall–Kier alpha value is -1.02. The summed E-state index contributed by atoms with van der Waals surface area (Å²) in [6.07, 6.45) is 2.87. The van der Waals surface area contributed by atoms with Crippen molar-refractivity contribution in [1.29, 1.82) is 0 Å². The Labute approximate surface area is 88.0 Å². The Balaban J connectivity index is 4.10. The molecule has 0 rings (SSSR count). The molecule has 0 fully saturated rings. The fourth-order valence-corrected chi connectivity index (χ4v) is 1.21. The molecule has 0 bridgehead atoms. The molecule has 2 heteroatoms. The van der Waals surface area contributed by atoms with Gasteiger partial charge in [0.05, 0.1) is 0 Å². The van der Waals surface area contributed by atoms with Gasteiger partial charge in [-0.05, 0) is 20.4 Å². The summed E-state index contributed by atoms with van der Waals surface area (Å²) in [7, 11) is 1.95. The van der Waals surface area contributed by atoms with Gasteiger partial charge in [0, 0.05) is 25.3 Å². The van der Waals surface area contributed by atoms with Gasteiger partial charge < -0.3 is 10.2 Å². The van der Waals surface area contributed by atoms with E-state index < -0.39 is 0 Å². The number of nitrogens with one attached hydrogen (secondary N) is 1. The van der Waals surface area contributed by atoms with Gasteiger partial charge in [-0.2, -0.15) is 0 Å². The molecule has 80 valence electrons. The van der Waals surface area contributed by atoms with E-state index in [1.165, 1.54) is 0 Å². The molecule has 0 aromatic heterocycles. The van der Waals surface area contributed by atoms with Crippen molar-refractivity contribution >= 4 is 0 Å². The molecule has 0 aliphatic heterocycles. The van der Waals surface area contributed by atoms with Crippen molar-refractivity contribution in [1.82, 2.24) is 10.2 Å². The first kappa shape index (κ1) is 13.0. The van der Waals surface area contributed by atoms with Gasteiger partial charge in [-0.3, -0.25) is 0 Å². The van der Waals surface area contributed by atoms with E-state index in [1.54, 1.807) is 0 Å². The van der Waals surface area contributed by atoms with Gasteiger partial charge in [0.25, 0.3) is 0 Å². The standard InChI is InChI=1S/C12H22N2/c1-6-9-14(10-11(2)3)12(4)7-8-13-5/h6,13H,1-2,4,7-10H2,3,5H3. The van der Waals surface area contributed by atoms with Crippen LogP contribution in [0.4, 0.5) is 0 Å². The topological polar surface area (TPSA) is 15.3 Å². The van der Waals surface area contributed by atoms with E-state index in [2.05, 4.69) is 30.0 Å². The van der Waals surface area contributed by atoms with Crippen LogP contribution in [0.25, 0.3) is 0 Å². The maximum atomic E-state index is 4.06. The van der Waals surface area contributed by atoms with Crippen LogP contribution in [0.15, 0.2) is 37.1 Å². The Bertz CT molecular complexity index is 206. The summed E-state index contributed by atoms with van der Waals surface area (Å²) in [6.45, 7) is 16.4. The van der Waals surface area contributed by atoms with E-state index in [0.29, 0.717) is 0 Å². The molecule has 0 unspecified atom stereocenters. The highest BCUT2D eigenvalue weighted by Gasteiger charge is 2.04. The monoisotopic (exact) mass is 194 g/mol. The summed E-state index contributed by atoms with van der Waals surface area (Å²) in [5, 5.41) is 3.11. The molecular weight excluding hydrogens is 172 g/mol. The van der Waals surface area contributed by atoms with Gasteiger partial charge in [-0.1, -0.05) is 24.8 Å². The third-order valence-corrected chi connectivity index (χ3v) is 1.92. The minimum atomic E-state index is 0.843. The minimum absolute atomic E-state index is 0.843. The lowest BCUT2D eigenvalue weighted by molar-refractivity contribution is 0.396. The van der Waals surface area contributed by atoms with Crippen molar-refractivity contribution in [2.24, 2.45) is 0 Å². The van der Waals surface area contributed by atoms with Crippen LogP contribution in [-0.2, 0) is 0 Å². The van der Waals surface area contributed by atoms with Gasteiger partial charge in [0.15, 0.2) is 0 Å². The van der Waals surface area contributed by atoms with Crippen LogP contribution in [0.1, 0.15) is 13.3 Å². The van der Waals surface area contributed by atoms with E-state index in [9.17, 15) is 0 Å². The van der Waals surface area contributed by atoms with E-state index in [-0.39, 0.29) is 0 Å². The van der Waals surface area contributed by atoms with Crippen LogP contribution in [0, 0.1) is 0 Å². The number of hydrogen-bond acceptors (Lipinski definition) is 2. The second-order valence-electron chi connectivity index (χ2n) is 3.55. The molecule has 0 amide bonds. The fraction of sp³-hybridized carbons (Fsp3) is 0.500. The van der Waals surface area contributed by atoms with Crippen molar-refractivity contribution in [2.45, 2.75) is 13.3 Å². The third kappa shape index (κ3) is 5.60. The fourth-order valence-electron chi connectivity index (χ4n) is 1.21. The SMILES string of the molecule is C=CCN(CC(=C)C)C(=C)CCNC. The highest BCUT2D eigenvalue weighted by molar-refractivity contribution is 5.03. The maximum Gasteiger partial charge on any atom is 0.0384 e. The molecule has 14 heavy (non-hydrogen) atoms. The average Bonchev–Trinajstić information content (AvgIpc) is 2.13. The predicted octanol–water partition coefficient (Wildman–Crippen LogP) is 2.17. The quantitative estimate of drug-likeness (QED) is 0.596. The Kier molecular flexibility index (Phi) is 6.85. The van der Waals surface area contributed by atoms with Crippen molar-refractivity contribution in [3.8, 4) is 0 Å². The van der Waals surface area contributed by atoms with E-state index in [1.807, 2.05) is 20.0 Å². The molecule has 0 saturated carbocycles. The molecule has 0 aliphatic rings. The molecule has 1 N–H and O–H groups in total. The average molecular weight is 194 g/mol. The molecule has 0 aliphatic carbocycles. The Morgan fingerprint density at radius 2 is 2.07 bits per heavy atom. The molecule has 0 radical (unpaired) electrons. The molecule has 0 atom stereocenters. The van der Waals surface area contributed by atoms with Gasteiger partial charge in [-0.25, -0.2) is 0 Å². The van der Waals surface area contributed by atoms with Gasteiger partial charge in [-0.15, -0.1) is 6.58 Å². The molecule has 0 saturated heterocycles. The smallest absolute Gasteiger partial charge is 0.0384 e. The molecule has 0 aromatic rings. The number of nitrogens with zero attached hydrogens (tertiary/aromatic N) is 1. The summed E-state index contributed by atoms with van der Waals surface area (Å²) < 4.78 is 0. The molecule has 0 spiro atoms. The minimum Gasteiger partial charge on any atom is -0.368 e.